The number of carbonyl (C=O) groups excluding carboxylic acids is 6. The van der Waals surface area contributed by atoms with E-state index >= 15 is 0 Å². The predicted octanol–water partition coefficient (Wildman–Crippen LogP) is 22.4. The Morgan fingerprint density at radius 1 is 0.235 bits per heavy atom. The Morgan fingerprint density at radius 2 is 0.517 bits per heavy atom. The van der Waals surface area contributed by atoms with Crippen molar-refractivity contribution in [2.45, 2.75) is 20.8 Å². The van der Waals surface area contributed by atoms with Crippen molar-refractivity contribution in [2.24, 2.45) is 0 Å². The van der Waals surface area contributed by atoms with Gasteiger partial charge < -0.3 is 60.3 Å². The molecule has 34 nitrogen and oxygen atoms in total. The molecule has 149 heavy (non-hydrogen) atoms. The van der Waals surface area contributed by atoms with E-state index in [1.54, 1.807) is 103 Å². The third-order valence-electron chi connectivity index (χ3n) is 19.3. The summed E-state index contributed by atoms with van der Waals surface area (Å²) < 4.78 is 116. The molecule has 18 rings (SSSR count). The highest BCUT2D eigenvalue weighted by molar-refractivity contribution is 6.08. The molecular formula is C109H74F6N22O12. The molecule has 0 saturated carbocycles. The minimum absolute atomic E-state index is 0.0589. The van der Waals surface area contributed by atoms with Crippen molar-refractivity contribution in [3.63, 3.8) is 0 Å². The van der Waals surface area contributed by atoms with Gasteiger partial charge in [-0.3, -0.25) is 28.8 Å². The first-order valence-electron chi connectivity index (χ1n) is 43.6. The molecule has 0 saturated heterocycles. The van der Waals surface area contributed by atoms with E-state index in [1.165, 1.54) is 179 Å². The average Bonchev–Trinajstić information content (AvgIpc) is 0.836. The van der Waals surface area contributed by atoms with Crippen molar-refractivity contribution >= 4 is 69.6 Å². The number of anilines is 6. The number of rotatable bonds is 24. The summed E-state index contributed by atoms with van der Waals surface area (Å²) >= 11 is 0. The summed E-state index contributed by atoms with van der Waals surface area (Å²) in [6.45, 7) is 5.76. The molecule has 0 aliphatic heterocycles. The van der Waals surface area contributed by atoms with E-state index < -0.39 is 52.6 Å². The second-order valence-corrected chi connectivity index (χ2v) is 30.8. The zero-order chi connectivity index (χ0) is 105. The van der Waals surface area contributed by atoms with Gasteiger partial charge in [0.1, 0.15) is 108 Å². The van der Waals surface area contributed by atoms with Crippen LogP contribution in [0, 0.1) is 101 Å². The van der Waals surface area contributed by atoms with Crippen LogP contribution in [0.4, 0.5) is 60.5 Å². The molecule has 12 aromatic carbocycles. The van der Waals surface area contributed by atoms with Gasteiger partial charge in [0, 0.05) is 117 Å². The first-order chi connectivity index (χ1) is 72.2. The summed E-state index contributed by atoms with van der Waals surface area (Å²) in [5.74, 6) is -3.12. The number of hydrogen-bond acceptors (Lipinski definition) is 28. The van der Waals surface area contributed by atoms with Gasteiger partial charge in [-0.05, 0) is 154 Å². The molecule has 0 fully saturated rings. The monoisotopic (exact) mass is 2000 g/mol. The summed E-state index contributed by atoms with van der Waals surface area (Å²) in [4.78, 5) is 120. The maximum absolute atomic E-state index is 14.1. The third-order valence-corrected chi connectivity index (χ3v) is 19.3. The number of halogens is 6. The Bertz CT molecular complexity index is 7910. The summed E-state index contributed by atoms with van der Waals surface area (Å²) in [5, 5.41) is 51.4. The number of hydrogen-bond donors (Lipinski definition) is 6. The minimum Gasteiger partial charge on any atom is -0.454 e. The summed E-state index contributed by atoms with van der Waals surface area (Å²) in [5.41, 5.74) is 6.67. The maximum Gasteiger partial charge on any atom is 0.258 e. The lowest BCUT2D eigenvalue weighted by Gasteiger charge is -2.10. The number of ether oxygens (including phenoxy) is 6. The highest BCUT2D eigenvalue weighted by atomic mass is 19.1. The molecule has 734 valence electrons. The SMILES string of the molecule is Cc1cccc(C(=O)Nc2cc(C#N)cc(Oc3cncnc3)c2)c1.Cc1cccc(C(=O)Nc2cc(F)cc(Oc3cncnc3)c2)c1.Cc1cccc(C(=O)Nc2cccc(Oc3cncnc3)c2)c1.N#Cc1ccc(F)c(C(=O)Nc2cc(F)cc(Oc3cncnc3)c2)c1.N#Cc1cccc(C(=O)Nc2cc(F)cc(Oc3cncnc3)c2)c1.N#Cc1cccc(C(=O)Nc2cc(F)cc(Oc3cncnc3)c2)c1F. The Balaban J connectivity index is 0.000000149. The van der Waals surface area contributed by atoms with Gasteiger partial charge in [-0.15, -0.1) is 0 Å². The summed E-state index contributed by atoms with van der Waals surface area (Å²) in [7, 11) is 0. The van der Waals surface area contributed by atoms with Gasteiger partial charge in [0.25, 0.3) is 35.4 Å². The van der Waals surface area contributed by atoms with Crippen LogP contribution in [0.5, 0.6) is 69.0 Å². The molecule has 18 aromatic rings. The van der Waals surface area contributed by atoms with Gasteiger partial charge in [-0.1, -0.05) is 71.3 Å². The number of nitriles is 4. The molecule has 0 unspecified atom stereocenters. The molecule has 6 heterocycles. The van der Waals surface area contributed by atoms with Crippen LogP contribution in [0.25, 0.3) is 0 Å². The van der Waals surface area contributed by atoms with E-state index in [-0.39, 0.29) is 91.5 Å². The van der Waals surface area contributed by atoms with Gasteiger partial charge in [-0.25, -0.2) is 86.2 Å². The largest absolute Gasteiger partial charge is 0.454 e. The molecule has 0 aliphatic carbocycles. The molecule has 0 spiro atoms. The standard InChI is InChI=1S/C19H14N4O2.2C18H10F2N4O2.C18H11FN4O2.C18H14FN3O2.C18H15N3O2/c1-13-3-2-4-15(5-13)19(24)23-16-6-14(9-20)7-17(8-16)25-18-10-21-12-22-11-18;19-12-4-13(6-14(5-12)26-15-8-22-10-23-9-15)24-18(25)16-3-11(7-21)1-2-17(16)20;19-12-4-13(6-14(5-12)26-15-8-22-10-23-9-15)24-18(25)16-3-1-2-11(7-21)17(16)20;19-14-5-15(7-16(6-14)25-17-9-21-11-22-10-17)23-18(24)13-3-1-2-12(4-13)8-20;1-12-3-2-4-13(5-12)18(23)22-15-6-14(19)7-16(8-15)24-17-9-20-11-21-10-17;1-13-4-2-5-14(8-13)18(22)21-15-6-3-7-16(9-15)23-17-10-19-12-20-11-17/h2-8,10-12H,1H3,(H,23,24);2*1-6,8-10H,(H,24,25);1-7,9-11H,(H,23,24);2-11H,1H3,(H,22,23);2-12H,1H3,(H,21,22). The van der Waals surface area contributed by atoms with Crippen LogP contribution in [0.15, 0.2) is 361 Å². The van der Waals surface area contributed by atoms with Crippen molar-refractivity contribution in [1.29, 1.82) is 21.0 Å². The lowest BCUT2D eigenvalue weighted by Crippen LogP contribution is -2.14. The Hall–Kier alpha value is -21.7. The summed E-state index contributed by atoms with van der Waals surface area (Å²) in [6.07, 6.45) is 25.7. The lowest BCUT2D eigenvalue weighted by atomic mass is 10.1. The number of benzene rings is 12. The first kappa shape index (κ1) is 105. The fraction of sp³-hybridized carbons (Fsp3) is 0.0275. The normalized spacial score (nSPS) is 10.0. The van der Waals surface area contributed by atoms with Crippen LogP contribution in [-0.4, -0.2) is 95.3 Å². The van der Waals surface area contributed by atoms with E-state index in [2.05, 4.69) is 97.8 Å². The van der Waals surface area contributed by atoms with Crippen molar-refractivity contribution in [2.75, 3.05) is 31.9 Å². The number of aryl methyl sites for hydroxylation is 3. The van der Waals surface area contributed by atoms with E-state index in [4.69, 9.17) is 44.2 Å². The maximum atomic E-state index is 14.1. The fourth-order valence-electron chi connectivity index (χ4n) is 12.9. The van der Waals surface area contributed by atoms with Crippen LogP contribution < -0.4 is 60.3 Å². The zero-order valence-corrected chi connectivity index (χ0v) is 77.9. The minimum atomic E-state index is -0.943. The number of nitrogens with one attached hydrogen (secondary N) is 6. The number of amides is 6. The molecule has 6 aromatic heterocycles. The Labute approximate surface area is 843 Å². The van der Waals surface area contributed by atoms with Crippen molar-refractivity contribution < 1.29 is 83.5 Å². The lowest BCUT2D eigenvalue weighted by molar-refractivity contribution is 0.101. The molecule has 40 heteroatoms. The fourth-order valence-corrected chi connectivity index (χ4v) is 12.9. The molecule has 0 bridgehead atoms. The predicted molar refractivity (Wildman–Crippen MR) is 530 cm³/mol. The smallest absolute Gasteiger partial charge is 0.258 e. The average molecular weight is 2000 g/mol. The van der Waals surface area contributed by atoms with Crippen LogP contribution >= 0.6 is 0 Å². The molecule has 6 amide bonds. The number of aromatic nitrogens is 12. The summed E-state index contributed by atoms with van der Waals surface area (Å²) in [6, 6.07) is 69.6. The molecular weight excluding hydrogens is 1920 g/mol. The van der Waals surface area contributed by atoms with Crippen molar-refractivity contribution in [3.8, 4) is 93.3 Å². The highest BCUT2D eigenvalue weighted by Crippen LogP contribution is 2.34. The van der Waals surface area contributed by atoms with Crippen LogP contribution in [0.2, 0.25) is 0 Å². The van der Waals surface area contributed by atoms with Gasteiger partial charge >= 0.3 is 0 Å². The van der Waals surface area contributed by atoms with Crippen LogP contribution in [-0.2, 0) is 0 Å². The van der Waals surface area contributed by atoms with Gasteiger partial charge in [0.05, 0.1) is 126 Å². The van der Waals surface area contributed by atoms with Crippen LogP contribution in [0.3, 0.4) is 0 Å². The second kappa shape index (κ2) is 52.5. The van der Waals surface area contributed by atoms with Crippen molar-refractivity contribution in [1.82, 2.24) is 59.8 Å². The molecule has 0 atom stereocenters. The van der Waals surface area contributed by atoms with E-state index in [0.29, 0.717) is 84.9 Å². The van der Waals surface area contributed by atoms with E-state index in [0.717, 1.165) is 53.1 Å². The number of nitrogens with zero attached hydrogens (tertiary/aromatic N) is 16. The first-order valence-corrected chi connectivity index (χ1v) is 43.6. The van der Waals surface area contributed by atoms with Gasteiger partial charge in [0.2, 0.25) is 0 Å². The van der Waals surface area contributed by atoms with Crippen molar-refractivity contribution in [3.05, 3.63) is 468 Å². The molecule has 6 N–H and O–H groups in total. The Morgan fingerprint density at radius 3 is 0.859 bits per heavy atom. The molecule has 0 radical (unpaired) electrons. The zero-order valence-electron chi connectivity index (χ0n) is 77.9. The third kappa shape index (κ3) is 33.0. The topological polar surface area (TPSA) is 480 Å². The number of carbonyl (C=O) groups is 6. The second-order valence-electron chi connectivity index (χ2n) is 30.8. The van der Waals surface area contributed by atoms with E-state index in [9.17, 15) is 60.4 Å². The quantitative estimate of drug-likeness (QED) is 0.0306. The molecule has 0 aliphatic rings. The Kier molecular flexibility index (Phi) is 36.9. The van der Waals surface area contributed by atoms with Gasteiger partial charge in [-0.2, -0.15) is 21.0 Å². The van der Waals surface area contributed by atoms with Gasteiger partial charge in [0.15, 0.2) is 40.3 Å². The highest BCUT2D eigenvalue weighted by Gasteiger charge is 2.21. The van der Waals surface area contributed by atoms with E-state index in [1.807, 2.05) is 81.4 Å². The van der Waals surface area contributed by atoms with Crippen LogP contribution in [0.1, 0.15) is 101 Å².